The molecule has 1 aliphatic heterocycles. The molecule has 0 amide bonds. The van der Waals surface area contributed by atoms with Crippen molar-refractivity contribution in [2.75, 3.05) is 18.0 Å². The topological polar surface area (TPSA) is 62.1 Å². The van der Waals surface area contributed by atoms with Gasteiger partial charge in [-0.2, -0.15) is 5.10 Å². The minimum Gasteiger partial charge on any atom is -0.391 e. The maximum atomic E-state index is 9.68. The Balaban J connectivity index is 1.53. The summed E-state index contributed by atoms with van der Waals surface area (Å²) in [6.07, 6.45) is 8.92. The number of rotatable bonds is 3. The summed E-state index contributed by atoms with van der Waals surface area (Å²) in [7, 11) is 0. The summed E-state index contributed by atoms with van der Waals surface area (Å²) in [5, 5.41) is 17.9. The first kappa shape index (κ1) is 15.5. The van der Waals surface area contributed by atoms with Gasteiger partial charge in [-0.05, 0) is 30.7 Å². The van der Waals surface area contributed by atoms with Gasteiger partial charge in [-0.3, -0.25) is 0 Å². The van der Waals surface area contributed by atoms with Crippen LogP contribution in [-0.4, -0.2) is 39.5 Å². The maximum absolute atomic E-state index is 9.68. The van der Waals surface area contributed by atoms with Crippen LogP contribution >= 0.6 is 0 Å². The number of hydrogen-bond donors (Lipinski definition) is 1. The molecule has 1 aliphatic carbocycles. The van der Waals surface area contributed by atoms with Gasteiger partial charge >= 0.3 is 0 Å². The van der Waals surface area contributed by atoms with Gasteiger partial charge in [0.25, 0.3) is 0 Å². The van der Waals surface area contributed by atoms with E-state index in [1.807, 2.05) is 4.90 Å². The summed E-state index contributed by atoms with van der Waals surface area (Å²) in [6, 6.07) is 8.78. The van der Waals surface area contributed by atoms with Crippen molar-refractivity contribution in [1.29, 1.82) is 0 Å². The largest absolute Gasteiger partial charge is 0.391 e. The van der Waals surface area contributed by atoms with Gasteiger partial charge in [-0.15, -0.1) is 5.10 Å². The second-order valence-electron chi connectivity index (χ2n) is 6.99. The fourth-order valence-corrected chi connectivity index (χ4v) is 3.85. The first-order valence-corrected chi connectivity index (χ1v) is 9.02. The third-order valence-electron chi connectivity index (χ3n) is 5.28. The zero-order chi connectivity index (χ0) is 16.4. The van der Waals surface area contributed by atoms with Crippen LogP contribution in [0.25, 0.3) is 11.3 Å². The van der Waals surface area contributed by atoms with Crippen LogP contribution in [0.1, 0.15) is 50.0 Å². The Kier molecular flexibility index (Phi) is 4.43. The molecule has 0 unspecified atom stereocenters. The van der Waals surface area contributed by atoms with Gasteiger partial charge in [0.1, 0.15) is 0 Å². The van der Waals surface area contributed by atoms with Crippen molar-refractivity contribution in [3.8, 4) is 11.3 Å². The number of aliphatic hydroxyl groups excluding tert-OH is 1. The Bertz CT molecular complexity index is 682. The smallest absolute Gasteiger partial charge is 0.245 e. The third-order valence-corrected chi connectivity index (χ3v) is 5.28. The Morgan fingerprint density at radius 1 is 1.00 bits per heavy atom. The third kappa shape index (κ3) is 3.26. The monoisotopic (exact) mass is 324 g/mol. The lowest BCUT2D eigenvalue weighted by Crippen LogP contribution is -2.23. The van der Waals surface area contributed by atoms with E-state index in [0.717, 1.165) is 30.1 Å². The Labute approximate surface area is 142 Å². The van der Waals surface area contributed by atoms with E-state index in [2.05, 4.69) is 39.4 Å². The van der Waals surface area contributed by atoms with E-state index in [1.54, 1.807) is 6.20 Å². The van der Waals surface area contributed by atoms with Crippen LogP contribution < -0.4 is 4.90 Å². The van der Waals surface area contributed by atoms with Gasteiger partial charge < -0.3 is 10.0 Å². The fourth-order valence-electron chi connectivity index (χ4n) is 3.85. The molecule has 0 radical (unpaired) electrons. The van der Waals surface area contributed by atoms with E-state index in [1.165, 1.54) is 37.7 Å². The molecule has 2 aromatic rings. The summed E-state index contributed by atoms with van der Waals surface area (Å²) in [6.45, 7) is 1.37. The molecule has 1 saturated carbocycles. The van der Waals surface area contributed by atoms with Crippen LogP contribution in [0, 0.1) is 0 Å². The molecule has 4 rings (SSSR count). The fraction of sp³-hybridized carbons (Fsp3) is 0.526. The quantitative estimate of drug-likeness (QED) is 0.939. The van der Waals surface area contributed by atoms with Crippen LogP contribution in [-0.2, 0) is 0 Å². The lowest BCUT2D eigenvalue weighted by Gasteiger charge is -2.22. The highest BCUT2D eigenvalue weighted by atomic mass is 16.3. The van der Waals surface area contributed by atoms with E-state index in [4.69, 9.17) is 0 Å². The number of aliphatic hydroxyl groups is 1. The zero-order valence-electron chi connectivity index (χ0n) is 13.9. The predicted molar refractivity (Wildman–Crippen MR) is 93.9 cm³/mol. The second-order valence-corrected chi connectivity index (χ2v) is 6.99. The van der Waals surface area contributed by atoms with E-state index < -0.39 is 0 Å². The normalized spacial score (nSPS) is 22.0. The predicted octanol–water partition coefficient (Wildman–Crippen LogP) is 3.16. The van der Waals surface area contributed by atoms with Gasteiger partial charge in [0.15, 0.2) is 0 Å². The molecule has 126 valence electrons. The molecule has 5 heteroatoms. The molecule has 24 heavy (non-hydrogen) atoms. The number of nitrogens with zero attached hydrogens (tertiary/aromatic N) is 4. The van der Waals surface area contributed by atoms with Crippen molar-refractivity contribution in [3.63, 3.8) is 0 Å². The molecule has 2 heterocycles. The molecule has 1 aromatic heterocycles. The summed E-state index contributed by atoms with van der Waals surface area (Å²) in [5.74, 6) is 1.33. The van der Waals surface area contributed by atoms with Crippen LogP contribution in [0.3, 0.4) is 0 Å². The highest BCUT2D eigenvalue weighted by Gasteiger charge is 2.23. The van der Waals surface area contributed by atoms with Crippen LogP contribution in [0.4, 0.5) is 5.95 Å². The van der Waals surface area contributed by atoms with Crippen molar-refractivity contribution in [2.24, 2.45) is 0 Å². The molecule has 0 bridgehead atoms. The van der Waals surface area contributed by atoms with Crippen molar-refractivity contribution in [2.45, 2.75) is 50.5 Å². The molecule has 1 atom stereocenters. The Hall–Kier alpha value is -2.01. The van der Waals surface area contributed by atoms with Crippen LogP contribution in [0.2, 0.25) is 0 Å². The molecule has 1 aromatic carbocycles. The Morgan fingerprint density at radius 3 is 2.50 bits per heavy atom. The lowest BCUT2D eigenvalue weighted by atomic mass is 9.84. The van der Waals surface area contributed by atoms with E-state index in [-0.39, 0.29) is 6.10 Å². The Morgan fingerprint density at radius 2 is 1.79 bits per heavy atom. The minimum atomic E-state index is -0.285. The second kappa shape index (κ2) is 6.85. The van der Waals surface area contributed by atoms with Crippen molar-refractivity contribution in [3.05, 3.63) is 36.0 Å². The molecular formula is C19H24N4O. The van der Waals surface area contributed by atoms with Gasteiger partial charge in [-0.25, -0.2) is 4.98 Å². The van der Waals surface area contributed by atoms with Gasteiger partial charge in [-0.1, -0.05) is 43.5 Å². The first-order chi connectivity index (χ1) is 11.8. The molecule has 0 spiro atoms. The average Bonchev–Trinajstić information content (AvgIpc) is 3.09. The summed E-state index contributed by atoms with van der Waals surface area (Å²) >= 11 is 0. The highest BCUT2D eigenvalue weighted by molar-refractivity contribution is 5.59. The highest BCUT2D eigenvalue weighted by Crippen LogP contribution is 2.33. The van der Waals surface area contributed by atoms with Crippen molar-refractivity contribution >= 4 is 5.95 Å². The molecular weight excluding hydrogens is 300 g/mol. The SMILES string of the molecule is O[C@@H]1CCN(c2nncc(-c3ccc(C4CCCCC4)cc3)n2)C1. The molecule has 1 saturated heterocycles. The molecule has 2 aliphatic rings. The standard InChI is InChI=1S/C19H24N4O/c24-17-10-11-23(13-17)19-21-18(12-20-22-19)16-8-6-15(7-9-16)14-4-2-1-3-5-14/h6-9,12,14,17,24H,1-5,10-11,13H2/t17-/m1/s1. The molecule has 5 nitrogen and oxygen atoms in total. The lowest BCUT2D eigenvalue weighted by molar-refractivity contribution is 0.198. The van der Waals surface area contributed by atoms with Gasteiger partial charge in [0, 0.05) is 18.7 Å². The number of benzene rings is 1. The van der Waals surface area contributed by atoms with Crippen molar-refractivity contribution < 1.29 is 5.11 Å². The van der Waals surface area contributed by atoms with Gasteiger partial charge in [0.05, 0.1) is 18.0 Å². The molecule has 2 fully saturated rings. The first-order valence-electron chi connectivity index (χ1n) is 9.02. The van der Waals surface area contributed by atoms with Gasteiger partial charge in [0.2, 0.25) is 5.95 Å². The maximum Gasteiger partial charge on any atom is 0.245 e. The van der Waals surface area contributed by atoms with Crippen molar-refractivity contribution in [1.82, 2.24) is 15.2 Å². The summed E-state index contributed by atoms with van der Waals surface area (Å²) in [4.78, 5) is 6.64. The van der Waals surface area contributed by atoms with E-state index in [9.17, 15) is 5.11 Å². The van der Waals surface area contributed by atoms with E-state index >= 15 is 0 Å². The zero-order valence-corrected chi connectivity index (χ0v) is 13.9. The van der Waals surface area contributed by atoms with Crippen LogP contribution in [0.15, 0.2) is 30.5 Å². The minimum absolute atomic E-state index is 0.285. The summed E-state index contributed by atoms with van der Waals surface area (Å²) in [5.41, 5.74) is 3.37. The number of β-amino-alcohol motifs (C(OH)–C–C–N with tert-alkyl or cyclic N) is 1. The van der Waals surface area contributed by atoms with E-state index in [0.29, 0.717) is 12.5 Å². The number of anilines is 1. The number of hydrogen-bond acceptors (Lipinski definition) is 5. The average molecular weight is 324 g/mol. The number of aromatic nitrogens is 3. The summed E-state index contributed by atoms with van der Waals surface area (Å²) < 4.78 is 0. The molecule has 1 N–H and O–H groups in total. The van der Waals surface area contributed by atoms with Crippen LogP contribution in [0.5, 0.6) is 0 Å².